The summed E-state index contributed by atoms with van der Waals surface area (Å²) >= 11 is 0. The maximum atomic E-state index is 12.1. The molecular weight excluding hydrogens is 356 g/mol. The normalized spacial score (nSPS) is 46.3. The molecule has 0 aromatic carbocycles. The highest BCUT2D eigenvalue weighted by molar-refractivity contribution is 5.25. The fourth-order valence-corrected chi connectivity index (χ4v) is 8.68. The minimum absolute atomic E-state index is 0.329. The van der Waals surface area contributed by atoms with Gasteiger partial charge in [0.05, 0.1) is 6.10 Å². The number of allylic oxidation sites excluding steroid dienone is 1. The van der Waals surface area contributed by atoms with E-state index in [0.717, 1.165) is 48.9 Å². The summed E-state index contributed by atoms with van der Waals surface area (Å²) in [6.07, 6.45) is 15.7. The highest BCUT2D eigenvalue weighted by atomic mass is 16.3. The van der Waals surface area contributed by atoms with E-state index < -0.39 is 0 Å². The molecule has 165 valence electrons. The summed E-state index contributed by atoms with van der Waals surface area (Å²) in [6.45, 7) is 10.2. The highest BCUT2D eigenvalue weighted by Crippen LogP contribution is 2.67. The Morgan fingerprint density at radius 1 is 1.07 bits per heavy atom. The van der Waals surface area contributed by atoms with Crippen molar-refractivity contribution in [2.24, 2.45) is 46.3 Å². The molecule has 3 fully saturated rings. The second-order valence-electron chi connectivity index (χ2n) is 12.0. The number of fused-ring (bicyclic) bond motifs is 5. The fourth-order valence-electron chi connectivity index (χ4n) is 8.68. The van der Waals surface area contributed by atoms with Gasteiger partial charge in [-0.1, -0.05) is 52.2 Å². The predicted octanol–water partition coefficient (Wildman–Crippen LogP) is 6.80. The van der Waals surface area contributed by atoms with Crippen LogP contribution < -0.4 is 0 Å². The van der Waals surface area contributed by atoms with Crippen molar-refractivity contribution in [1.82, 2.24) is 0 Å². The van der Waals surface area contributed by atoms with Crippen LogP contribution >= 0.6 is 0 Å². The van der Waals surface area contributed by atoms with Gasteiger partial charge in [-0.15, -0.1) is 0 Å². The first-order chi connectivity index (χ1) is 13.8. The van der Waals surface area contributed by atoms with E-state index in [2.05, 4.69) is 33.8 Å². The van der Waals surface area contributed by atoms with Crippen molar-refractivity contribution in [1.29, 1.82) is 0 Å². The minimum atomic E-state index is -0.343. The summed E-state index contributed by atoms with van der Waals surface area (Å²) in [5.41, 5.74) is 2.39. The van der Waals surface area contributed by atoms with Crippen LogP contribution in [-0.2, 0) is 5.11 Å². The van der Waals surface area contributed by atoms with Gasteiger partial charge in [0, 0.05) is 6.61 Å². The molecule has 1 N–H and O–H groups in total. The van der Waals surface area contributed by atoms with E-state index in [1.165, 1.54) is 56.9 Å². The lowest BCUT2D eigenvalue weighted by molar-refractivity contribution is -0.0623. The molecule has 1 unspecified atom stereocenters. The van der Waals surface area contributed by atoms with Gasteiger partial charge in [-0.25, -0.2) is 5.11 Å². The van der Waals surface area contributed by atoms with Gasteiger partial charge < -0.3 is 5.11 Å². The van der Waals surface area contributed by atoms with Crippen molar-refractivity contribution in [3.63, 3.8) is 0 Å². The third-order valence-electron chi connectivity index (χ3n) is 10.5. The lowest BCUT2D eigenvalue weighted by atomic mass is 9.47. The smallest absolute Gasteiger partial charge is 0.0967 e. The maximum Gasteiger partial charge on any atom is 0.0967 e. The van der Waals surface area contributed by atoms with Gasteiger partial charge >= 0.3 is 0 Å². The number of rotatable bonds is 6. The summed E-state index contributed by atoms with van der Waals surface area (Å²) in [6, 6.07) is 0. The van der Waals surface area contributed by atoms with Crippen LogP contribution in [0.15, 0.2) is 11.6 Å². The molecule has 0 saturated heterocycles. The van der Waals surface area contributed by atoms with Gasteiger partial charge in [0.2, 0.25) is 0 Å². The Hall–Kier alpha value is -0.340. The zero-order chi connectivity index (χ0) is 20.8. The van der Waals surface area contributed by atoms with Gasteiger partial charge in [0.15, 0.2) is 0 Å². The Kier molecular flexibility index (Phi) is 6.26. The zero-order valence-electron chi connectivity index (χ0n) is 19.5. The molecule has 0 heterocycles. The Morgan fingerprint density at radius 3 is 2.62 bits per heavy atom. The second-order valence-corrected chi connectivity index (χ2v) is 12.0. The van der Waals surface area contributed by atoms with E-state index in [-0.39, 0.29) is 6.10 Å². The molecule has 4 aliphatic carbocycles. The van der Waals surface area contributed by atoms with E-state index in [9.17, 15) is 10.2 Å². The van der Waals surface area contributed by atoms with Crippen molar-refractivity contribution in [3.8, 4) is 0 Å². The number of aliphatic hydroxyl groups is 1. The average Bonchev–Trinajstić information content (AvgIpc) is 3.05. The molecule has 9 atom stereocenters. The molecule has 0 spiro atoms. The van der Waals surface area contributed by atoms with Crippen LogP contribution in [0.25, 0.3) is 0 Å². The topological polar surface area (TPSA) is 40.1 Å². The third kappa shape index (κ3) is 3.75. The highest BCUT2D eigenvalue weighted by Gasteiger charge is 2.59. The monoisotopic (exact) mass is 401 g/mol. The number of hydrogen-bond donors (Lipinski definition) is 1. The molecule has 0 aliphatic heterocycles. The molecule has 4 rings (SSSR count). The largest absolute Gasteiger partial charge is 0.396 e. The second kappa shape index (κ2) is 8.30. The van der Waals surface area contributed by atoms with Crippen LogP contribution in [0.3, 0.4) is 0 Å². The number of aliphatic hydroxyl groups excluding tert-OH is 1. The Balaban J connectivity index is 1.46. The molecule has 29 heavy (non-hydrogen) atoms. The Labute approximate surface area is 179 Å². The molecule has 3 saturated carbocycles. The molecule has 0 amide bonds. The molecule has 0 aromatic rings. The average molecular weight is 402 g/mol. The first-order valence-electron chi connectivity index (χ1n) is 12.8. The van der Waals surface area contributed by atoms with Crippen LogP contribution in [0.4, 0.5) is 0 Å². The van der Waals surface area contributed by atoms with E-state index in [0.29, 0.717) is 23.4 Å². The molecule has 0 bridgehead atoms. The van der Waals surface area contributed by atoms with Crippen LogP contribution in [0.1, 0.15) is 98.3 Å². The van der Waals surface area contributed by atoms with E-state index >= 15 is 0 Å². The summed E-state index contributed by atoms with van der Waals surface area (Å²) in [5.74, 6) is 4.73. The van der Waals surface area contributed by atoms with Crippen molar-refractivity contribution >= 4 is 0 Å². The summed E-state index contributed by atoms with van der Waals surface area (Å²) in [4.78, 5) is 0. The SMILES string of the molecule is CC(CO)CCC[C@@H](C)[C@H]1CC[C@H]2[C@@H]3CC=C4C[C@@H]([O])CC[C@]4(C)[C@H]3CC[C@]12C. The molecule has 1 radical (unpaired) electrons. The van der Waals surface area contributed by atoms with Gasteiger partial charge in [-0.3, -0.25) is 0 Å². The lowest BCUT2D eigenvalue weighted by Crippen LogP contribution is -2.50. The Morgan fingerprint density at radius 2 is 1.86 bits per heavy atom. The van der Waals surface area contributed by atoms with Crippen molar-refractivity contribution in [2.75, 3.05) is 6.61 Å². The van der Waals surface area contributed by atoms with E-state index in [1.807, 2.05) is 0 Å². The quantitative estimate of drug-likeness (QED) is 0.488. The fraction of sp³-hybridized carbons (Fsp3) is 0.926. The van der Waals surface area contributed by atoms with Gasteiger partial charge in [-0.05, 0) is 104 Å². The molecule has 2 nitrogen and oxygen atoms in total. The summed E-state index contributed by atoms with van der Waals surface area (Å²) in [7, 11) is 0. The molecular formula is C27H45O2. The summed E-state index contributed by atoms with van der Waals surface area (Å²) < 4.78 is 0. The summed E-state index contributed by atoms with van der Waals surface area (Å²) in [5, 5.41) is 21.5. The predicted molar refractivity (Wildman–Crippen MR) is 119 cm³/mol. The van der Waals surface area contributed by atoms with Crippen LogP contribution in [0.2, 0.25) is 0 Å². The zero-order valence-corrected chi connectivity index (χ0v) is 19.5. The molecule has 4 aliphatic rings. The van der Waals surface area contributed by atoms with Crippen LogP contribution in [-0.4, -0.2) is 17.8 Å². The van der Waals surface area contributed by atoms with E-state index in [4.69, 9.17) is 0 Å². The minimum Gasteiger partial charge on any atom is -0.396 e. The Bertz CT molecular complexity index is 612. The lowest BCUT2D eigenvalue weighted by Gasteiger charge is -2.58. The van der Waals surface area contributed by atoms with Crippen molar-refractivity contribution in [2.45, 2.75) is 104 Å². The third-order valence-corrected chi connectivity index (χ3v) is 10.5. The first kappa shape index (κ1) is 21.9. The van der Waals surface area contributed by atoms with Crippen molar-refractivity contribution in [3.05, 3.63) is 11.6 Å². The van der Waals surface area contributed by atoms with Gasteiger partial charge in [0.1, 0.15) is 0 Å². The van der Waals surface area contributed by atoms with Crippen LogP contribution in [0, 0.1) is 46.3 Å². The van der Waals surface area contributed by atoms with Crippen molar-refractivity contribution < 1.29 is 10.2 Å². The number of hydrogen-bond acceptors (Lipinski definition) is 1. The molecule has 0 aromatic heterocycles. The molecule has 2 heteroatoms. The standard InChI is InChI=1S/C27H45O2/c1-18(17-28)6-5-7-19(2)23-10-11-24-22-9-8-20-16-21(29)12-14-26(20,3)25(22)13-15-27(23,24)4/h8,18-19,21-25,28H,5-7,9-17H2,1-4H3/t18?,19-,21+,22+,23-,24+,25+,26+,27-/m1/s1. The van der Waals surface area contributed by atoms with E-state index in [1.54, 1.807) is 0 Å². The van der Waals surface area contributed by atoms with Crippen LogP contribution in [0.5, 0.6) is 0 Å². The van der Waals surface area contributed by atoms with Gasteiger partial charge in [-0.2, -0.15) is 0 Å². The maximum absolute atomic E-state index is 12.1. The first-order valence-corrected chi connectivity index (χ1v) is 12.8. The van der Waals surface area contributed by atoms with Gasteiger partial charge in [0.25, 0.3) is 0 Å².